The topological polar surface area (TPSA) is 160 Å². The van der Waals surface area contributed by atoms with Gasteiger partial charge in [-0.15, -0.1) is 0 Å². The average Bonchev–Trinajstić information content (AvgIpc) is 3.00. The average molecular weight is 599 g/mol. The van der Waals surface area contributed by atoms with Crippen LogP contribution in [0.25, 0.3) is 6.08 Å². The summed E-state index contributed by atoms with van der Waals surface area (Å²) in [6.45, 7) is 4.75. The van der Waals surface area contributed by atoms with Crippen LogP contribution >= 0.6 is 0 Å². The Morgan fingerprint density at radius 3 is 2.07 bits per heavy atom. The quantitative estimate of drug-likeness (QED) is 0.139. The number of nitro benzene ring substituents is 1. The van der Waals surface area contributed by atoms with E-state index in [-0.39, 0.29) is 73.0 Å². The molecule has 232 valence electrons. The highest BCUT2D eigenvalue weighted by atomic mass is 16.6. The summed E-state index contributed by atoms with van der Waals surface area (Å²) in [5.41, 5.74) is 1.58. The Kier molecular flexibility index (Phi) is 14.0. The van der Waals surface area contributed by atoms with Crippen molar-refractivity contribution in [1.82, 2.24) is 5.32 Å². The monoisotopic (exact) mass is 598 g/mol. The molecule has 0 aliphatic rings. The second-order valence-electron chi connectivity index (χ2n) is 9.76. The summed E-state index contributed by atoms with van der Waals surface area (Å²) >= 11 is 0. The van der Waals surface area contributed by atoms with Crippen LogP contribution in [-0.2, 0) is 41.9 Å². The first-order chi connectivity index (χ1) is 20.5. The predicted octanol–water partition coefficient (Wildman–Crippen LogP) is 4.35. The van der Waals surface area contributed by atoms with Crippen LogP contribution in [0.3, 0.4) is 0 Å². The number of rotatable bonds is 19. The van der Waals surface area contributed by atoms with Crippen LogP contribution in [-0.4, -0.2) is 55.7 Å². The third-order valence-electron chi connectivity index (χ3n) is 6.88. The molecule has 43 heavy (non-hydrogen) atoms. The number of hydrogen-bond acceptors (Lipinski definition) is 11. The van der Waals surface area contributed by atoms with Crippen molar-refractivity contribution in [3.8, 4) is 11.5 Å². The molecule has 12 nitrogen and oxygen atoms in total. The molecule has 0 saturated carbocycles. The molecule has 0 radical (unpaired) electrons. The van der Waals surface area contributed by atoms with E-state index in [9.17, 15) is 29.3 Å². The highest BCUT2D eigenvalue weighted by Crippen LogP contribution is 2.35. The molecule has 0 spiro atoms. The first-order valence-corrected chi connectivity index (χ1v) is 13.6. The molecule has 0 aliphatic heterocycles. The van der Waals surface area contributed by atoms with Crippen LogP contribution in [0.15, 0.2) is 43.0 Å². The zero-order chi connectivity index (χ0) is 31.9. The van der Waals surface area contributed by atoms with Gasteiger partial charge < -0.3 is 24.3 Å². The van der Waals surface area contributed by atoms with Gasteiger partial charge in [-0.05, 0) is 44.0 Å². The number of nitro groups is 1. The molecular weight excluding hydrogens is 560 g/mol. The normalized spacial score (nSPS) is 12.0. The van der Waals surface area contributed by atoms with Crippen LogP contribution in [0.2, 0.25) is 0 Å². The Hall–Kier alpha value is -4.58. The summed E-state index contributed by atoms with van der Waals surface area (Å²) in [4.78, 5) is 60.7. The number of esters is 2. The zero-order valence-corrected chi connectivity index (χ0v) is 24.9. The lowest BCUT2D eigenvalue weighted by molar-refractivity contribution is -0.385. The van der Waals surface area contributed by atoms with Crippen molar-refractivity contribution >= 4 is 35.3 Å². The molecule has 0 bridgehead atoms. The van der Waals surface area contributed by atoms with Gasteiger partial charge in [0.15, 0.2) is 11.5 Å². The molecule has 0 saturated heterocycles. The maximum Gasteiger partial charge on any atom is 0.306 e. The van der Waals surface area contributed by atoms with Crippen LogP contribution < -0.4 is 14.8 Å². The Labute approximate surface area is 250 Å². The third-order valence-corrected chi connectivity index (χ3v) is 6.88. The molecule has 12 heteroatoms. The summed E-state index contributed by atoms with van der Waals surface area (Å²) < 4.78 is 20.8. The van der Waals surface area contributed by atoms with Gasteiger partial charge in [0.1, 0.15) is 24.8 Å². The first kappa shape index (κ1) is 34.6. The largest absolute Gasteiger partial charge is 0.493 e. The third kappa shape index (κ3) is 11.0. The number of likely N-dealkylation sites (N-methyl/N-ethyl adjacent to an activating group) is 1. The van der Waals surface area contributed by atoms with Gasteiger partial charge in [0, 0.05) is 25.2 Å². The number of benzene rings is 2. The summed E-state index contributed by atoms with van der Waals surface area (Å²) in [7, 11) is 4.30. The SMILES string of the molecule is C=Cc1ccc(COC(=O)CC[C@@H](NC)C(=O)C[C@@H](CCC(=O)OCc2cc(OC)c(OC)cc2[N+](=O)[O-])C(C)=O)cc1. The Morgan fingerprint density at radius 1 is 0.953 bits per heavy atom. The summed E-state index contributed by atoms with van der Waals surface area (Å²) in [5.74, 6) is -2.03. The van der Waals surface area contributed by atoms with E-state index in [1.165, 1.54) is 33.3 Å². The van der Waals surface area contributed by atoms with Gasteiger partial charge in [-0.3, -0.25) is 29.3 Å². The predicted molar refractivity (Wildman–Crippen MR) is 157 cm³/mol. The summed E-state index contributed by atoms with van der Waals surface area (Å²) in [5, 5.41) is 14.3. The lowest BCUT2D eigenvalue weighted by Crippen LogP contribution is -2.36. The van der Waals surface area contributed by atoms with Crippen molar-refractivity contribution in [3.63, 3.8) is 0 Å². The fourth-order valence-electron chi connectivity index (χ4n) is 4.27. The number of Topliss-reactive ketones (excluding diaryl/α,β-unsaturated/α-hetero) is 2. The minimum Gasteiger partial charge on any atom is -0.493 e. The van der Waals surface area contributed by atoms with E-state index < -0.39 is 35.4 Å². The summed E-state index contributed by atoms with van der Waals surface area (Å²) in [6.07, 6.45) is 1.65. The smallest absolute Gasteiger partial charge is 0.306 e. The van der Waals surface area contributed by atoms with E-state index in [0.29, 0.717) is 0 Å². The number of carbonyl (C=O) groups excluding carboxylic acids is 4. The lowest BCUT2D eigenvalue weighted by atomic mass is 9.90. The van der Waals surface area contributed by atoms with Crippen LogP contribution in [0.4, 0.5) is 5.69 Å². The Morgan fingerprint density at radius 2 is 1.53 bits per heavy atom. The second kappa shape index (κ2) is 17.4. The van der Waals surface area contributed by atoms with E-state index in [4.69, 9.17) is 18.9 Å². The number of nitrogens with one attached hydrogen (secondary N) is 1. The molecule has 0 amide bonds. The maximum atomic E-state index is 12.9. The number of methoxy groups -OCH3 is 2. The van der Waals surface area contributed by atoms with Gasteiger partial charge in [-0.1, -0.05) is 36.9 Å². The van der Waals surface area contributed by atoms with Crippen molar-refractivity contribution in [2.75, 3.05) is 21.3 Å². The minimum atomic E-state index is -0.739. The van der Waals surface area contributed by atoms with Crippen molar-refractivity contribution in [2.24, 2.45) is 5.92 Å². The molecular formula is C31H38N2O10. The Balaban J connectivity index is 1.87. The van der Waals surface area contributed by atoms with Crippen LogP contribution in [0.5, 0.6) is 11.5 Å². The highest BCUT2D eigenvalue weighted by Gasteiger charge is 2.26. The molecule has 2 rings (SSSR count). The van der Waals surface area contributed by atoms with Gasteiger partial charge >= 0.3 is 11.9 Å². The minimum absolute atomic E-state index is 0.00132. The van der Waals surface area contributed by atoms with E-state index in [1.54, 1.807) is 13.1 Å². The van der Waals surface area contributed by atoms with E-state index >= 15 is 0 Å². The fourth-order valence-corrected chi connectivity index (χ4v) is 4.27. The molecule has 0 aromatic heterocycles. The van der Waals surface area contributed by atoms with Crippen molar-refractivity contribution < 1.29 is 43.0 Å². The van der Waals surface area contributed by atoms with E-state index in [0.717, 1.165) is 11.1 Å². The fraction of sp³-hybridized carbons (Fsp3) is 0.419. The molecule has 0 fully saturated rings. The Bertz CT molecular complexity index is 1310. The van der Waals surface area contributed by atoms with Crippen LogP contribution in [0.1, 0.15) is 55.7 Å². The van der Waals surface area contributed by atoms with E-state index in [1.807, 2.05) is 24.3 Å². The van der Waals surface area contributed by atoms with E-state index in [2.05, 4.69) is 11.9 Å². The molecule has 2 atom stereocenters. The molecule has 2 aromatic carbocycles. The number of carbonyl (C=O) groups is 4. The number of nitrogens with zero attached hydrogens (tertiary/aromatic N) is 1. The number of ether oxygens (including phenoxy) is 4. The van der Waals surface area contributed by atoms with Gasteiger partial charge in [0.05, 0.1) is 36.8 Å². The molecule has 1 N–H and O–H groups in total. The molecule has 0 unspecified atom stereocenters. The van der Waals surface area contributed by atoms with Crippen LogP contribution in [0, 0.1) is 16.0 Å². The first-order valence-electron chi connectivity index (χ1n) is 13.6. The summed E-state index contributed by atoms with van der Waals surface area (Å²) in [6, 6.07) is 9.25. The lowest BCUT2D eigenvalue weighted by Gasteiger charge is -2.18. The zero-order valence-electron chi connectivity index (χ0n) is 24.9. The number of hydrogen-bond donors (Lipinski definition) is 1. The molecule has 0 aliphatic carbocycles. The van der Waals surface area contributed by atoms with Gasteiger partial charge in [-0.25, -0.2) is 0 Å². The maximum absolute atomic E-state index is 12.9. The molecule has 0 heterocycles. The number of ketones is 2. The molecule has 2 aromatic rings. The second-order valence-corrected chi connectivity index (χ2v) is 9.76. The van der Waals surface area contributed by atoms with Crippen molar-refractivity contribution in [2.45, 2.75) is 58.3 Å². The highest BCUT2D eigenvalue weighted by molar-refractivity contribution is 5.90. The standard InChI is InChI=1S/C31H38N2O10/c1-6-21-7-9-22(10-8-21)18-42-31(37)14-12-25(32-3)27(35)15-23(20(2)34)11-13-30(36)43-19-24-16-28(40-4)29(41-5)17-26(24)33(38)39/h6-10,16-17,23,25,32H,1,11-15,18-19H2,2-5H3/t23-,25-/m1/s1. The van der Waals surface area contributed by atoms with Crippen molar-refractivity contribution in [3.05, 3.63) is 69.8 Å². The van der Waals surface area contributed by atoms with Gasteiger partial charge in [-0.2, -0.15) is 0 Å². The van der Waals surface area contributed by atoms with Gasteiger partial charge in [0.2, 0.25) is 0 Å². The van der Waals surface area contributed by atoms with Gasteiger partial charge in [0.25, 0.3) is 5.69 Å². The van der Waals surface area contributed by atoms with Crippen molar-refractivity contribution in [1.29, 1.82) is 0 Å².